The standard InChI is InChI=1S/C7H6Cl.CH3.K/c1-6-3-2-4-7(8)5-6;;/h2,4-5H,1H3;1H3;/q2*-1;+1. The molecule has 0 amide bonds. The molecule has 10 heavy (non-hydrogen) atoms. The average molecular weight is 180 g/mol. The number of hydrogen-bond donors (Lipinski definition) is 0. The molecule has 0 heterocycles. The summed E-state index contributed by atoms with van der Waals surface area (Å²) in [5.74, 6) is 0. The minimum absolute atomic E-state index is 0. The van der Waals surface area contributed by atoms with Crippen LogP contribution in [0.2, 0.25) is 5.02 Å². The predicted molar refractivity (Wildman–Crippen MR) is 41.4 cm³/mol. The van der Waals surface area contributed by atoms with E-state index in [9.17, 15) is 0 Å². The minimum atomic E-state index is 0. The van der Waals surface area contributed by atoms with Gasteiger partial charge in [-0.1, -0.05) is 11.9 Å². The van der Waals surface area contributed by atoms with E-state index in [-0.39, 0.29) is 58.8 Å². The van der Waals surface area contributed by atoms with Crippen molar-refractivity contribution < 1.29 is 51.4 Å². The van der Waals surface area contributed by atoms with Crippen molar-refractivity contribution in [3.8, 4) is 0 Å². The Kier molecular flexibility index (Phi) is 9.37. The number of benzene rings is 1. The van der Waals surface area contributed by atoms with Gasteiger partial charge in [-0.15, -0.1) is 17.7 Å². The van der Waals surface area contributed by atoms with Gasteiger partial charge in [0.15, 0.2) is 0 Å². The van der Waals surface area contributed by atoms with E-state index >= 15 is 0 Å². The van der Waals surface area contributed by atoms with E-state index in [2.05, 4.69) is 6.07 Å². The Bertz CT molecular complexity index is 169. The van der Waals surface area contributed by atoms with Crippen molar-refractivity contribution in [1.29, 1.82) is 0 Å². The van der Waals surface area contributed by atoms with Gasteiger partial charge in [0.1, 0.15) is 0 Å². The monoisotopic (exact) mass is 179 g/mol. The summed E-state index contributed by atoms with van der Waals surface area (Å²) < 4.78 is 0. The summed E-state index contributed by atoms with van der Waals surface area (Å²) in [5.41, 5.74) is 1.08. The third kappa shape index (κ3) is 4.89. The van der Waals surface area contributed by atoms with Crippen LogP contribution < -0.4 is 51.4 Å². The Morgan fingerprint density at radius 3 is 2.40 bits per heavy atom. The third-order valence-electron chi connectivity index (χ3n) is 0.908. The van der Waals surface area contributed by atoms with Crippen molar-refractivity contribution in [3.63, 3.8) is 0 Å². The van der Waals surface area contributed by atoms with E-state index in [1.54, 1.807) is 0 Å². The average Bonchev–Trinajstić information content (AvgIpc) is 1.64. The molecule has 0 bridgehead atoms. The first-order valence-electron chi connectivity index (χ1n) is 2.43. The molecule has 1 aromatic rings. The molecule has 0 N–H and O–H groups in total. The first-order chi connectivity index (χ1) is 3.79. The van der Waals surface area contributed by atoms with Crippen LogP contribution in [0.1, 0.15) is 5.56 Å². The first kappa shape index (κ1) is 13.7. The molecular formula is C8H9ClK-. The molecule has 0 saturated heterocycles. The largest absolute Gasteiger partial charge is 1.00 e. The molecule has 0 unspecified atom stereocenters. The van der Waals surface area contributed by atoms with E-state index in [1.807, 2.05) is 25.1 Å². The molecule has 0 aromatic heterocycles. The second-order valence-corrected chi connectivity index (χ2v) is 2.13. The molecule has 0 spiro atoms. The fourth-order valence-electron chi connectivity index (χ4n) is 0.549. The van der Waals surface area contributed by atoms with Gasteiger partial charge in [0.05, 0.1) is 0 Å². The second-order valence-electron chi connectivity index (χ2n) is 1.69. The SMILES string of the molecule is Cc1[c-]ccc(Cl)c1.[CH3-].[K+]. The van der Waals surface area contributed by atoms with Crippen molar-refractivity contribution in [2.75, 3.05) is 0 Å². The molecule has 0 aliphatic carbocycles. The molecule has 0 saturated carbocycles. The summed E-state index contributed by atoms with van der Waals surface area (Å²) in [7, 11) is 0. The number of hydrogen-bond acceptors (Lipinski definition) is 0. The van der Waals surface area contributed by atoms with E-state index in [0.29, 0.717) is 0 Å². The van der Waals surface area contributed by atoms with E-state index < -0.39 is 0 Å². The fourth-order valence-corrected chi connectivity index (χ4v) is 0.776. The van der Waals surface area contributed by atoms with Crippen LogP contribution in [-0.2, 0) is 0 Å². The van der Waals surface area contributed by atoms with Gasteiger partial charge in [-0.25, -0.2) is 0 Å². The van der Waals surface area contributed by atoms with Crippen LogP contribution in [0.15, 0.2) is 18.2 Å². The van der Waals surface area contributed by atoms with Crippen molar-refractivity contribution in [1.82, 2.24) is 0 Å². The maximum absolute atomic E-state index is 5.62. The number of aryl methyl sites for hydroxylation is 1. The van der Waals surface area contributed by atoms with Crippen molar-refractivity contribution in [2.24, 2.45) is 0 Å². The predicted octanol–water partition coefficient (Wildman–Crippen LogP) is -0.0971. The van der Waals surface area contributed by atoms with Crippen molar-refractivity contribution in [2.45, 2.75) is 6.92 Å². The zero-order valence-corrected chi connectivity index (χ0v) is 10.5. The molecule has 0 nitrogen and oxygen atoms in total. The maximum atomic E-state index is 5.62. The van der Waals surface area contributed by atoms with Crippen LogP contribution in [0.25, 0.3) is 0 Å². The summed E-state index contributed by atoms with van der Waals surface area (Å²) in [6.45, 7) is 1.96. The van der Waals surface area contributed by atoms with Crippen molar-refractivity contribution in [3.05, 3.63) is 42.3 Å². The Morgan fingerprint density at radius 2 is 2.10 bits per heavy atom. The van der Waals surface area contributed by atoms with E-state index in [4.69, 9.17) is 11.6 Å². The molecular weight excluding hydrogens is 171 g/mol. The zero-order valence-electron chi connectivity index (χ0n) is 6.61. The quantitative estimate of drug-likeness (QED) is 0.386. The third-order valence-corrected chi connectivity index (χ3v) is 1.14. The van der Waals surface area contributed by atoms with Crippen LogP contribution in [-0.4, -0.2) is 0 Å². The van der Waals surface area contributed by atoms with Gasteiger partial charge < -0.3 is 7.43 Å². The molecule has 2 heteroatoms. The molecule has 1 rings (SSSR count). The molecule has 50 valence electrons. The van der Waals surface area contributed by atoms with Gasteiger partial charge in [-0.2, -0.15) is 23.8 Å². The van der Waals surface area contributed by atoms with Gasteiger partial charge in [0, 0.05) is 0 Å². The van der Waals surface area contributed by atoms with Crippen molar-refractivity contribution >= 4 is 11.6 Å². The second kappa shape index (κ2) is 6.83. The van der Waals surface area contributed by atoms with Crippen LogP contribution in [0.3, 0.4) is 0 Å². The topological polar surface area (TPSA) is 0 Å². The smallest absolute Gasteiger partial charge is 0.358 e. The Labute approximate surface area is 110 Å². The first-order valence-corrected chi connectivity index (χ1v) is 2.80. The van der Waals surface area contributed by atoms with Crippen LogP contribution >= 0.6 is 11.6 Å². The van der Waals surface area contributed by atoms with Crippen LogP contribution in [0.4, 0.5) is 0 Å². The molecule has 0 radical (unpaired) electrons. The van der Waals surface area contributed by atoms with Gasteiger partial charge in [0.2, 0.25) is 0 Å². The van der Waals surface area contributed by atoms with Crippen LogP contribution in [0.5, 0.6) is 0 Å². The van der Waals surface area contributed by atoms with E-state index in [1.165, 1.54) is 0 Å². The molecule has 0 aliphatic rings. The molecule has 0 aliphatic heterocycles. The summed E-state index contributed by atoms with van der Waals surface area (Å²) >= 11 is 5.62. The van der Waals surface area contributed by atoms with Gasteiger partial charge in [-0.05, 0) is 0 Å². The summed E-state index contributed by atoms with van der Waals surface area (Å²) in [4.78, 5) is 0. The number of rotatable bonds is 0. The zero-order chi connectivity index (χ0) is 5.98. The summed E-state index contributed by atoms with van der Waals surface area (Å²) in [6, 6.07) is 8.50. The maximum Gasteiger partial charge on any atom is 1.00 e. The number of halogens is 1. The Morgan fingerprint density at radius 1 is 1.50 bits per heavy atom. The minimum Gasteiger partial charge on any atom is -0.358 e. The van der Waals surface area contributed by atoms with Gasteiger partial charge >= 0.3 is 51.4 Å². The van der Waals surface area contributed by atoms with Gasteiger partial charge in [0.25, 0.3) is 0 Å². The van der Waals surface area contributed by atoms with Crippen LogP contribution in [0, 0.1) is 20.4 Å². The molecule has 0 atom stereocenters. The Balaban J connectivity index is 0. The Hall–Kier alpha value is 1.15. The fraction of sp³-hybridized carbons (Fsp3) is 0.125. The van der Waals surface area contributed by atoms with E-state index in [0.717, 1.165) is 10.6 Å². The summed E-state index contributed by atoms with van der Waals surface area (Å²) in [5, 5.41) is 0.779. The molecule has 1 aromatic carbocycles. The normalized spacial score (nSPS) is 7.40. The summed E-state index contributed by atoms with van der Waals surface area (Å²) in [6.07, 6.45) is 0. The molecule has 0 fully saturated rings. The van der Waals surface area contributed by atoms with Gasteiger partial charge in [-0.3, -0.25) is 0 Å².